The third-order valence-electron chi connectivity index (χ3n) is 3.22. The number of hydrogen-bond donors (Lipinski definition) is 3. The molecule has 1 saturated heterocycles. The summed E-state index contributed by atoms with van der Waals surface area (Å²) in [6.45, 7) is 1.83. The van der Waals surface area contributed by atoms with Gasteiger partial charge in [0.25, 0.3) is 5.91 Å². The summed E-state index contributed by atoms with van der Waals surface area (Å²) < 4.78 is 1.77. The van der Waals surface area contributed by atoms with E-state index < -0.39 is 0 Å². The Morgan fingerprint density at radius 2 is 2.56 bits per heavy atom. The molecule has 1 amide bonds. The first-order valence-corrected chi connectivity index (χ1v) is 6.70. The summed E-state index contributed by atoms with van der Waals surface area (Å²) in [6, 6.07) is 0. The monoisotopic (exact) mass is 266 g/mol. The molecule has 2 unspecified atom stereocenters. The van der Waals surface area contributed by atoms with Crippen molar-refractivity contribution in [2.24, 2.45) is 5.92 Å². The van der Waals surface area contributed by atoms with E-state index in [0.717, 1.165) is 11.4 Å². The van der Waals surface area contributed by atoms with Crippen molar-refractivity contribution >= 4 is 22.1 Å². The van der Waals surface area contributed by atoms with Gasteiger partial charge in [0, 0.05) is 30.9 Å². The van der Waals surface area contributed by atoms with Gasteiger partial charge in [-0.3, -0.25) is 9.20 Å². The van der Waals surface area contributed by atoms with E-state index >= 15 is 0 Å². The molecule has 0 saturated carbocycles. The third-order valence-corrected chi connectivity index (χ3v) is 4.10. The molecule has 6 nitrogen and oxygen atoms in total. The van der Waals surface area contributed by atoms with Crippen molar-refractivity contribution in [3.8, 4) is 0 Å². The normalized spacial score (nSPS) is 23.6. The molecule has 1 fully saturated rings. The van der Waals surface area contributed by atoms with Gasteiger partial charge in [0.05, 0.1) is 12.3 Å². The van der Waals surface area contributed by atoms with Crippen LogP contribution < -0.4 is 10.6 Å². The summed E-state index contributed by atoms with van der Waals surface area (Å²) in [6.07, 6.45) is 2.99. The van der Waals surface area contributed by atoms with Crippen molar-refractivity contribution in [3.05, 3.63) is 23.6 Å². The highest BCUT2D eigenvalue weighted by atomic mass is 32.1. The maximum Gasteiger partial charge on any atom is 0.269 e. The van der Waals surface area contributed by atoms with Gasteiger partial charge < -0.3 is 15.7 Å². The number of carbonyl (C=O) groups excluding carboxylic acids is 1. The van der Waals surface area contributed by atoms with Gasteiger partial charge in [0.1, 0.15) is 16.9 Å². The molecule has 3 rings (SSSR count). The predicted molar refractivity (Wildman–Crippen MR) is 67.8 cm³/mol. The van der Waals surface area contributed by atoms with Crippen LogP contribution in [-0.4, -0.2) is 46.1 Å². The summed E-state index contributed by atoms with van der Waals surface area (Å²) in [7, 11) is 0. The Hall–Kier alpha value is -1.44. The van der Waals surface area contributed by atoms with E-state index in [1.807, 2.05) is 5.38 Å². The molecule has 1 aliphatic heterocycles. The first kappa shape index (κ1) is 11.6. The van der Waals surface area contributed by atoms with Crippen LogP contribution in [0.2, 0.25) is 0 Å². The Labute approximate surface area is 108 Å². The highest BCUT2D eigenvalue weighted by Crippen LogP contribution is 2.15. The minimum atomic E-state index is -0.374. The number of aliphatic hydroxyl groups is 1. The number of amides is 1. The average Bonchev–Trinajstić information content (AvgIpc) is 3.01. The predicted octanol–water partition coefficient (Wildman–Crippen LogP) is -0.294. The molecule has 7 heteroatoms. The number of nitrogens with zero attached hydrogens (tertiary/aromatic N) is 2. The van der Waals surface area contributed by atoms with Crippen LogP contribution in [0.15, 0.2) is 17.9 Å². The molecule has 0 bridgehead atoms. The number of nitrogens with one attached hydrogen (secondary N) is 2. The summed E-state index contributed by atoms with van der Waals surface area (Å²) in [4.78, 5) is 17.0. The van der Waals surface area contributed by atoms with Crippen molar-refractivity contribution in [1.29, 1.82) is 0 Å². The smallest absolute Gasteiger partial charge is 0.269 e. The van der Waals surface area contributed by atoms with Crippen molar-refractivity contribution < 1.29 is 9.90 Å². The first-order chi connectivity index (χ1) is 8.75. The average molecular weight is 266 g/mol. The van der Waals surface area contributed by atoms with Crippen LogP contribution in [-0.2, 0) is 0 Å². The number of thiazole rings is 1. The van der Waals surface area contributed by atoms with Crippen LogP contribution in [0.5, 0.6) is 0 Å². The summed E-state index contributed by atoms with van der Waals surface area (Å²) >= 11 is 1.49. The maximum atomic E-state index is 12.0. The molecule has 2 aromatic rings. The van der Waals surface area contributed by atoms with E-state index in [2.05, 4.69) is 15.6 Å². The quantitative estimate of drug-likeness (QED) is 0.713. The minimum Gasteiger partial charge on any atom is -0.391 e. The lowest BCUT2D eigenvalue weighted by Crippen LogP contribution is -2.34. The van der Waals surface area contributed by atoms with Gasteiger partial charge in [-0.2, -0.15) is 0 Å². The number of aliphatic hydroxyl groups excluding tert-OH is 1. The van der Waals surface area contributed by atoms with Crippen LogP contribution in [0.25, 0.3) is 4.83 Å². The SMILES string of the molecule is O=C(NCC1CNCC1O)c1csc2cncn12. The lowest BCUT2D eigenvalue weighted by Gasteiger charge is -2.13. The molecule has 1 aliphatic rings. The number of aromatic nitrogens is 2. The topological polar surface area (TPSA) is 78.7 Å². The molecule has 18 heavy (non-hydrogen) atoms. The van der Waals surface area contributed by atoms with Gasteiger partial charge in [0.2, 0.25) is 0 Å². The van der Waals surface area contributed by atoms with Gasteiger partial charge in [-0.15, -0.1) is 11.3 Å². The highest BCUT2D eigenvalue weighted by Gasteiger charge is 2.25. The lowest BCUT2D eigenvalue weighted by molar-refractivity contribution is 0.0921. The molecule has 2 atom stereocenters. The Morgan fingerprint density at radius 3 is 3.33 bits per heavy atom. The molecule has 0 aromatic carbocycles. The highest BCUT2D eigenvalue weighted by molar-refractivity contribution is 7.15. The van der Waals surface area contributed by atoms with Crippen molar-refractivity contribution in [2.75, 3.05) is 19.6 Å². The first-order valence-electron chi connectivity index (χ1n) is 5.82. The van der Waals surface area contributed by atoms with Gasteiger partial charge in [-0.25, -0.2) is 4.98 Å². The van der Waals surface area contributed by atoms with Crippen molar-refractivity contribution in [2.45, 2.75) is 6.10 Å². The second kappa shape index (κ2) is 4.68. The van der Waals surface area contributed by atoms with Crippen LogP contribution in [0.4, 0.5) is 0 Å². The van der Waals surface area contributed by atoms with E-state index in [0.29, 0.717) is 18.8 Å². The number of imidazole rings is 1. The summed E-state index contributed by atoms with van der Waals surface area (Å²) in [5.74, 6) is -0.0378. The van der Waals surface area contributed by atoms with Crippen LogP contribution in [0.3, 0.4) is 0 Å². The van der Waals surface area contributed by atoms with E-state index in [1.54, 1.807) is 16.9 Å². The number of β-amino-alcohol motifs (C(OH)–C–C–N with tert-alkyl or cyclic N) is 1. The fourth-order valence-electron chi connectivity index (χ4n) is 2.13. The number of rotatable bonds is 3. The Morgan fingerprint density at radius 1 is 1.67 bits per heavy atom. The Balaban J connectivity index is 1.66. The van der Waals surface area contributed by atoms with E-state index in [1.165, 1.54) is 11.3 Å². The van der Waals surface area contributed by atoms with Gasteiger partial charge in [0.15, 0.2) is 0 Å². The maximum absolute atomic E-state index is 12.0. The number of carbonyl (C=O) groups is 1. The van der Waals surface area contributed by atoms with Gasteiger partial charge >= 0.3 is 0 Å². The van der Waals surface area contributed by atoms with Gasteiger partial charge in [-0.1, -0.05) is 0 Å². The fraction of sp³-hybridized carbons (Fsp3) is 0.455. The Kier molecular flexibility index (Phi) is 3.02. The summed E-state index contributed by atoms with van der Waals surface area (Å²) in [5, 5.41) is 17.4. The van der Waals surface area contributed by atoms with Crippen LogP contribution in [0.1, 0.15) is 10.5 Å². The van der Waals surface area contributed by atoms with Crippen LogP contribution >= 0.6 is 11.3 Å². The Bertz CT molecular complexity index is 564. The molecule has 96 valence electrons. The minimum absolute atomic E-state index is 0.0888. The molecule has 3 heterocycles. The molecular weight excluding hydrogens is 252 g/mol. The van der Waals surface area contributed by atoms with E-state index in [-0.39, 0.29) is 17.9 Å². The van der Waals surface area contributed by atoms with Gasteiger partial charge in [-0.05, 0) is 0 Å². The molecule has 0 radical (unpaired) electrons. The van der Waals surface area contributed by atoms with Crippen LogP contribution in [0, 0.1) is 5.92 Å². The zero-order valence-corrected chi connectivity index (χ0v) is 10.5. The largest absolute Gasteiger partial charge is 0.391 e. The molecule has 3 N–H and O–H groups in total. The summed E-state index contributed by atoms with van der Waals surface area (Å²) in [5.41, 5.74) is 0.591. The number of fused-ring (bicyclic) bond motifs is 1. The standard InChI is InChI=1S/C11H14N4O2S/c16-9-3-12-1-7(9)2-14-11(17)8-5-18-10-4-13-6-15(8)10/h4-7,9,12,16H,1-3H2,(H,14,17). The second-order valence-electron chi connectivity index (χ2n) is 4.42. The fourth-order valence-corrected chi connectivity index (χ4v) is 2.96. The number of hydrogen-bond acceptors (Lipinski definition) is 5. The van der Waals surface area contributed by atoms with Crippen molar-refractivity contribution in [3.63, 3.8) is 0 Å². The third kappa shape index (κ3) is 2.00. The molecule has 0 aliphatic carbocycles. The zero-order chi connectivity index (χ0) is 12.5. The molecule has 0 spiro atoms. The second-order valence-corrected chi connectivity index (χ2v) is 5.31. The molecule has 2 aromatic heterocycles. The van der Waals surface area contributed by atoms with E-state index in [4.69, 9.17) is 0 Å². The van der Waals surface area contributed by atoms with E-state index in [9.17, 15) is 9.90 Å². The zero-order valence-electron chi connectivity index (χ0n) is 9.67. The van der Waals surface area contributed by atoms with Crippen molar-refractivity contribution in [1.82, 2.24) is 20.0 Å². The lowest BCUT2D eigenvalue weighted by atomic mass is 10.1. The molecular formula is C11H14N4O2S.